The highest BCUT2D eigenvalue weighted by molar-refractivity contribution is 7.97. The average Bonchev–Trinajstić information content (AvgIpc) is 3.78. The second kappa shape index (κ2) is 10.7. The van der Waals surface area contributed by atoms with E-state index in [0.29, 0.717) is 11.5 Å². The van der Waals surface area contributed by atoms with E-state index in [-0.39, 0.29) is 54.0 Å². The number of nitrogens with two attached hydrogens (primary N) is 1. The van der Waals surface area contributed by atoms with Crippen molar-refractivity contribution < 1.29 is 39.6 Å². The molecule has 0 bridgehead atoms. The molecule has 1 saturated carbocycles. The molecule has 1 aliphatic heterocycles. The highest BCUT2D eigenvalue weighted by Crippen LogP contribution is 2.52. The first-order valence-corrected chi connectivity index (χ1v) is 15.5. The molecule has 6 atom stereocenters. The number of hydrogen-bond donors (Lipinski definition) is 7. The van der Waals surface area contributed by atoms with E-state index in [0.717, 1.165) is 25.0 Å². The number of nitrogens with one attached hydrogen (secondary N) is 2. The van der Waals surface area contributed by atoms with E-state index in [9.17, 15) is 39.6 Å². The van der Waals surface area contributed by atoms with Crippen LogP contribution in [0.2, 0.25) is 0 Å². The highest BCUT2D eigenvalue weighted by Gasteiger charge is 2.63. The van der Waals surface area contributed by atoms with Crippen LogP contribution in [0, 0.1) is 23.7 Å². The number of fused-ring (bicyclic) bond motifs is 3. The average molecular weight is 613 g/mol. The van der Waals surface area contributed by atoms with Crippen LogP contribution in [-0.4, -0.2) is 86.2 Å². The zero-order valence-electron chi connectivity index (χ0n) is 23.9. The van der Waals surface area contributed by atoms with E-state index in [1.54, 1.807) is 38.2 Å². The topological polar surface area (TPSA) is 203 Å². The van der Waals surface area contributed by atoms with Crippen molar-refractivity contribution in [1.82, 2.24) is 9.62 Å². The number of benzene rings is 1. The van der Waals surface area contributed by atoms with Crippen molar-refractivity contribution in [3.05, 3.63) is 45.9 Å². The van der Waals surface area contributed by atoms with Crippen molar-refractivity contribution in [2.24, 2.45) is 29.4 Å². The summed E-state index contributed by atoms with van der Waals surface area (Å²) in [6, 6.07) is 2.40. The Morgan fingerprint density at radius 2 is 1.88 bits per heavy atom. The Balaban J connectivity index is 1.32. The number of ketones is 2. The molecule has 1 heterocycles. The lowest BCUT2D eigenvalue weighted by atomic mass is 9.58. The molecule has 6 rings (SSSR count). The summed E-state index contributed by atoms with van der Waals surface area (Å²) in [6.07, 6.45) is 3.65. The van der Waals surface area contributed by atoms with Gasteiger partial charge < -0.3 is 31.5 Å². The molecule has 43 heavy (non-hydrogen) atoms. The Bertz CT molecular complexity index is 1500. The third-order valence-electron chi connectivity index (χ3n) is 9.76. The first-order chi connectivity index (χ1) is 20.4. The predicted molar refractivity (Wildman–Crippen MR) is 157 cm³/mol. The van der Waals surface area contributed by atoms with Gasteiger partial charge in [-0.15, -0.1) is 0 Å². The van der Waals surface area contributed by atoms with Gasteiger partial charge in [0.15, 0.2) is 17.1 Å². The fourth-order valence-electron chi connectivity index (χ4n) is 7.57. The molecule has 5 aliphatic rings. The minimum absolute atomic E-state index is 0.0148. The van der Waals surface area contributed by atoms with Crippen LogP contribution in [0.15, 0.2) is 34.8 Å². The van der Waals surface area contributed by atoms with Crippen LogP contribution in [0.4, 0.5) is 5.69 Å². The molecule has 12 nitrogen and oxygen atoms in total. The lowest BCUT2D eigenvalue weighted by Gasteiger charge is -2.50. The summed E-state index contributed by atoms with van der Waals surface area (Å²) in [4.78, 5) is 54.0. The number of carbonyl (C=O) groups excluding carboxylic acids is 4. The number of rotatable bonds is 6. The maximum absolute atomic E-state index is 13.9. The predicted octanol–water partition coefficient (Wildman–Crippen LogP) is 1.49. The van der Waals surface area contributed by atoms with Crippen LogP contribution >= 0.6 is 11.9 Å². The van der Waals surface area contributed by atoms with Gasteiger partial charge in [-0.05, 0) is 75.6 Å². The molecule has 2 amide bonds. The van der Waals surface area contributed by atoms with Gasteiger partial charge in [0.2, 0.25) is 11.7 Å². The van der Waals surface area contributed by atoms with Crippen LogP contribution in [0.3, 0.4) is 0 Å². The standard InChI is InChI=1S/C30H36N4O8S/c1-34(2)23-16-10-15-9-13-5-6-17(32-18(35)11-14-7-8-43-33-22(14)12-3-4-12)24(36)19(13)25(37)20(15)27(39)30(16,42)28(40)21(26(23)38)29(31)41/h5-6,12,14-16,22-23,33,36,38-39,42H,3-4,7-11H2,1-2H3,(H2,31,41)(H,32,35)/t14?,15?,16?,22?,23-,30-/m0/s1. The Morgan fingerprint density at radius 3 is 2.53 bits per heavy atom. The molecular formula is C30H36N4O8S. The normalized spacial score (nSPS) is 32.3. The van der Waals surface area contributed by atoms with Crippen molar-refractivity contribution in [3.63, 3.8) is 0 Å². The Hall–Kier alpha value is -3.39. The van der Waals surface area contributed by atoms with Gasteiger partial charge in [-0.1, -0.05) is 18.0 Å². The van der Waals surface area contributed by atoms with Crippen molar-refractivity contribution in [2.75, 3.05) is 25.2 Å². The fraction of sp³-hybridized carbons (Fsp3) is 0.533. The monoisotopic (exact) mass is 612 g/mol. The second-order valence-electron chi connectivity index (χ2n) is 12.6. The zero-order chi connectivity index (χ0) is 31.0. The summed E-state index contributed by atoms with van der Waals surface area (Å²) in [5, 5.41) is 48.0. The molecule has 8 N–H and O–H groups in total. The third-order valence-corrected chi connectivity index (χ3v) is 10.6. The minimum Gasteiger partial charge on any atom is -0.510 e. The number of allylic oxidation sites excluding steroid dienone is 1. The van der Waals surface area contributed by atoms with Gasteiger partial charge in [-0.3, -0.25) is 28.8 Å². The molecule has 0 spiro atoms. The molecule has 4 aliphatic carbocycles. The number of aliphatic hydroxyl groups excluding tert-OH is 2. The van der Waals surface area contributed by atoms with Gasteiger partial charge in [0.1, 0.15) is 17.1 Å². The number of likely N-dealkylation sites (N-methyl/N-ethyl adjacent to an activating group) is 1. The smallest absolute Gasteiger partial charge is 0.255 e. The van der Waals surface area contributed by atoms with Gasteiger partial charge in [0, 0.05) is 29.7 Å². The van der Waals surface area contributed by atoms with E-state index in [2.05, 4.69) is 10.0 Å². The highest BCUT2D eigenvalue weighted by atomic mass is 32.2. The molecule has 4 unspecified atom stereocenters. The van der Waals surface area contributed by atoms with Gasteiger partial charge in [-0.25, -0.2) is 0 Å². The van der Waals surface area contributed by atoms with E-state index >= 15 is 0 Å². The van der Waals surface area contributed by atoms with Crippen molar-refractivity contribution >= 4 is 41.0 Å². The van der Waals surface area contributed by atoms with E-state index in [1.807, 2.05) is 0 Å². The van der Waals surface area contributed by atoms with Crippen molar-refractivity contribution in [2.45, 2.75) is 56.2 Å². The molecule has 1 aromatic carbocycles. The number of Topliss-reactive ketones (excluding diaryl/α,β-unsaturated/α-hetero) is 2. The number of anilines is 1. The number of carbonyl (C=O) groups is 4. The van der Waals surface area contributed by atoms with Crippen LogP contribution in [0.1, 0.15) is 48.0 Å². The summed E-state index contributed by atoms with van der Waals surface area (Å²) in [7, 11) is 3.16. The van der Waals surface area contributed by atoms with Crippen LogP contribution in [0.25, 0.3) is 0 Å². The summed E-state index contributed by atoms with van der Waals surface area (Å²) in [5.41, 5.74) is 1.99. The largest absolute Gasteiger partial charge is 0.510 e. The van der Waals surface area contributed by atoms with Crippen molar-refractivity contribution in [3.8, 4) is 5.75 Å². The molecule has 230 valence electrons. The van der Waals surface area contributed by atoms with Gasteiger partial charge in [0.05, 0.1) is 17.3 Å². The van der Waals surface area contributed by atoms with Gasteiger partial charge >= 0.3 is 0 Å². The molecule has 0 aromatic heterocycles. The van der Waals surface area contributed by atoms with E-state index in [1.165, 1.54) is 4.90 Å². The fourth-order valence-corrected chi connectivity index (χ4v) is 8.69. The molecule has 1 aromatic rings. The molecule has 13 heteroatoms. The molecule has 2 fully saturated rings. The Kier molecular flexibility index (Phi) is 7.35. The van der Waals surface area contributed by atoms with E-state index in [4.69, 9.17) is 5.73 Å². The number of amides is 2. The first kappa shape index (κ1) is 29.7. The third kappa shape index (κ3) is 4.64. The maximum Gasteiger partial charge on any atom is 0.255 e. The number of nitrogens with zero attached hydrogens (tertiary/aromatic N) is 1. The summed E-state index contributed by atoms with van der Waals surface area (Å²) in [5.74, 6) is -5.73. The number of aromatic hydroxyl groups is 1. The minimum atomic E-state index is -2.70. The lowest BCUT2D eigenvalue weighted by Crippen LogP contribution is -2.63. The lowest BCUT2D eigenvalue weighted by molar-refractivity contribution is -0.148. The van der Waals surface area contributed by atoms with Crippen LogP contribution < -0.4 is 15.8 Å². The zero-order valence-corrected chi connectivity index (χ0v) is 24.7. The SMILES string of the molecule is CN(C)[C@@H]1C(O)=C(C(N)=O)C(=O)[C@@]2(O)C(O)=C3C(=O)c4c(ccc(NC(=O)CC5CCSNC5C5CC5)c4O)CC3CC12. The number of phenols is 1. The number of primary amides is 1. The van der Waals surface area contributed by atoms with Crippen molar-refractivity contribution in [1.29, 1.82) is 0 Å². The molecule has 1 saturated heterocycles. The molecular weight excluding hydrogens is 576 g/mol. The summed E-state index contributed by atoms with van der Waals surface area (Å²) >= 11 is 1.68. The number of phenolic OH excluding ortho intramolecular Hbond substituents is 1. The second-order valence-corrected chi connectivity index (χ2v) is 13.5. The maximum atomic E-state index is 13.9. The van der Waals surface area contributed by atoms with Gasteiger partial charge in [0.25, 0.3) is 5.91 Å². The number of hydrogen-bond acceptors (Lipinski definition) is 11. The number of aliphatic hydroxyl groups is 3. The molecule has 0 radical (unpaired) electrons. The summed E-state index contributed by atoms with van der Waals surface area (Å²) in [6.45, 7) is 0. The summed E-state index contributed by atoms with van der Waals surface area (Å²) < 4.78 is 3.46. The van der Waals surface area contributed by atoms with Crippen LogP contribution in [0.5, 0.6) is 5.75 Å². The van der Waals surface area contributed by atoms with Crippen LogP contribution in [-0.2, 0) is 20.8 Å². The quantitative estimate of drug-likeness (QED) is 0.139. The Labute approximate surface area is 252 Å². The van der Waals surface area contributed by atoms with E-state index < -0.39 is 63.8 Å². The van der Waals surface area contributed by atoms with Gasteiger partial charge in [-0.2, -0.15) is 0 Å². The first-order valence-electron chi connectivity index (χ1n) is 14.5. The Morgan fingerprint density at radius 1 is 1.16 bits per heavy atom.